The van der Waals surface area contributed by atoms with Crippen molar-refractivity contribution in [2.75, 3.05) is 36.5 Å². The number of amides is 1. The van der Waals surface area contributed by atoms with Crippen molar-refractivity contribution in [3.63, 3.8) is 0 Å². The highest BCUT2D eigenvalue weighted by Gasteiger charge is 2.21. The minimum Gasteiger partial charge on any atom is -0.495 e. The minimum absolute atomic E-state index is 0.251. The van der Waals surface area contributed by atoms with Crippen LogP contribution in [0.4, 0.5) is 5.69 Å². The maximum atomic E-state index is 12.3. The summed E-state index contributed by atoms with van der Waals surface area (Å²) in [5.74, 6) is 1.30. The van der Waals surface area contributed by atoms with E-state index in [0.29, 0.717) is 33.8 Å². The zero-order chi connectivity index (χ0) is 22.3. The van der Waals surface area contributed by atoms with Crippen LogP contribution in [0.3, 0.4) is 0 Å². The molecule has 0 unspecified atom stereocenters. The lowest BCUT2D eigenvalue weighted by atomic mass is 10.2. The van der Waals surface area contributed by atoms with E-state index in [2.05, 4.69) is 5.32 Å². The normalized spacial score (nSPS) is 11.2. The number of carbonyl (C=O) groups is 1. The van der Waals surface area contributed by atoms with Crippen molar-refractivity contribution in [1.29, 1.82) is 0 Å². The van der Waals surface area contributed by atoms with E-state index in [1.807, 2.05) is 6.07 Å². The van der Waals surface area contributed by atoms with Gasteiger partial charge >= 0.3 is 0 Å². The molecule has 0 radical (unpaired) electrons. The fourth-order valence-electron chi connectivity index (χ4n) is 2.48. The van der Waals surface area contributed by atoms with Crippen LogP contribution in [0.1, 0.15) is 5.56 Å². The van der Waals surface area contributed by atoms with Crippen LogP contribution in [0.25, 0.3) is 0 Å². The van der Waals surface area contributed by atoms with Crippen LogP contribution < -0.4 is 14.4 Å². The Labute approximate surface area is 195 Å². The number of anilines is 1. The second kappa shape index (κ2) is 11.3. The molecule has 0 aliphatic carbocycles. The van der Waals surface area contributed by atoms with Crippen molar-refractivity contribution in [2.24, 2.45) is 0 Å². The third-order valence-corrected chi connectivity index (χ3v) is 6.98. The van der Waals surface area contributed by atoms with Crippen molar-refractivity contribution in [2.45, 2.75) is 5.75 Å². The SMILES string of the molecule is COc1ccc(N(CC(=O)NCCSCc2ccc(Cl)cc2Cl)S(C)(=O)=O)cc1Cl. The Morgan fingerprint density at radius 1 is 1.13 bits per heavy atom. The Morgan fingerprint density at radius 2 is 1.87 bits per heavy atom. The predicted octanol–water partition coefficient (Wildman–Crippen LogP) is 4.47. The predicted molar refractivity (Wildman–Crippen MR) is 126 cm³/mol. The van der Waals surface area contributed by atoms with Crippen molar-refractivity contribution in [3.8, 4) is 5.75 Å². The third-order valence-electron chi connectivity index (χ3n) is 3.95. The molecular weight excluding hydrogens is 491 g/mol. The first-order valence-electron chi connectivity index (χ1n) is 8.71. The van der Waals surface area contributed by atoms with E-state index in [4.69, 9.17) is 39.5 Å². The van der Waals surface area contributed by atoms with Crippen LogP contribution in [0.15, 0.2) is 36.4 Å². The topological polar surface area (TPSA) is 75.7 Å². The van der Waals surface area contributed by atoms with Crippen molar-refractivity contribution >= 4 is 68.2 Å². The van der Waals surface area contributed by atoms with Crippen molar-refractivity contribution in [3.05, 3.63) is 57.0 Å². The monoisotopic (exact) mass is 510 g/mol. The second-order valence-corrected chi connectivity index (χ2v) is 10.5. The first kappa shape index (κ1) is 24.9. The lowest BCUT2D eigenvalue weighted by Gasteiger charge is -2.22. The molecule has 2 aromatic rings. The van der Waals surface area contributed by atoms with Gasteiger partial charge in [0.05, 0.1) is 24.1 Å². The first-order valence-corrected chi connectivity index (χ1v) is 12.8. The second-order valence-electron chi connectivity index (χ2n) is 6.23. The number of ether oxygens (including phenoxy) is 1. The lowest BCUT2D eigenvalue weighted by molar-refractivity contribution is -0.119. The molecule has 0 aromatic heterocycles. The van der Waals surface area contributed by atoms with Gasteiger partial charge in [-0.25, -0.2) is 8.42 Å². The smallest absolute Gasteiger partial charge is 0.240 e. The Bertz CT molecular complexity index is 1000. The molecule has 164 valence electrons. The number of nitrogens with one attached hydrogen (secondary N) is 1. The molecule has 2 aromatic carbocycles. The van der Waals surface area contributed by atoms with Gasteiger partial charge < -0.3 is 10.1 Å². The van der Waals surface area contributed by atoms with E-state index in [-0.39, 0.29) is 17.3 Å². The van der Waals surface area contributed by atoms with E-state index >= 15 is 0 Å². The van der Waals surface area contributed by atoms with Gasteiger partial charge in [-0.3, -0.25) is 9.10 Å². The number of nitrogens with zero attached hydrogens (tertiary/aromatic N) is 1. The quantitative estimate of drug-likeness (QED) is 0.476. The molecule has 0 aliphatic rings. The highest BCUT2D eigenvalue weighted by Crippen LogP contribution is 2.30. The molecule has 6 nitrogen and oxygen atoms in total. The molecule has 0 heterocycles. The summed E-state index contributed by atoms with van der Waals surface area (Å²) >= 11 is 19.7. The molecule has 0 aliphatic heterocycles. The summed E-state index contributed by atoms with van der Waals surface area (Å²) in [5, 5.41) is 4.15. The largest absolute Gasteiger partial charge is 0.495 e. The van der Waals surface area contributed by atoms with Crippen molar-refractivity contribution < 1.29 is 17.9 Å². The molecule has 30 heavy (non-hydrogen) atoms. The number of rotatable bonds is 10. The van der Waals surface area contributed by atoms with Gasteiger partial charge in [0.25, 0.3) is 0 Å². The van der Waals surface area contributed by atoms with E-state index in [9.17, 15) is 13.2 Å². The number of hydrogen-bond acceptors (Lipinski definition) is 5. The molecule has 11 heteroatoms. The fourth-order valence-corrected chi connectivity index (χ4v) is 5.00. The summed E-state index contributed by atoms with van der Waals surface area (Å²) in [6.45, 7) is 0.0326. The van der Waals surface area contributed by atoms with Gasteiger partial charge in [0, 0.05) is 28.1 Å². The fraction of sp³-hybridized carbons (Fsp3) is 0.316. The molecule has 2 rings (SSSR count). The van der Waals surface area contributed by atoms with Gasteiger partial charge in [0.15, 0.2) is 0 Å². The summed E-state index contributed by atoms with van der Waals surface area (Å²) < 4.78 is 30.4. The van der Waals surface area contributed by atoms with Crippen molar-refractivity contribution in [1.82, 2.24) is 5.32 Å². The molecule has 1 N–H and O–H groups in total. The standard InChI is InChI=1S/C19H21Cl3N2O4S2/c1-28-18-6-5-15(10-17(18)22)24(30(2,26)27)11-19(25)23-7-8-29-12-13-3-4-14(20)9-16(13)21/h3-6,9-10H,7-8,11-12H2,1-2H3,(H,23,25). The number of hydrogen-bond donors (Lipinski definition) is 1. The van der Waals surface area contributed by atoms with Gasteiger partial charge in [-0.15, -0.1) is 0 Å². The van der Waals surface area contributed by atoms with Crippen LogP contribution in [0.2, 0.25) is 15.1 Å². The number of carbonyl (C=O) groups excluding carboxylic acids is 1. The maximum absolute atomic E-state index is 12.3. The van der Waals surface area contributed by atoms with Gasteiger partial charge in [0.1, 0.15) is 12.3 Å². The molecule has 0 saturated carbocycles. The molecule has 0 fully saturated rings. The average Bonchev–Trinajstić information content (AvgIpc) is 2.66. The van der Waals surface area contributed by atoms with Crippen LogP contribution >= 0.6 is 46.6 Å². The summed E-state index contributed by atoms with van der Waals surface area (Å²) in [6.07, 6.45) is 1.03. The maximum Gasteiger partial charge on any atom is 0.240 e. The van der Waals surface area contributed by atoms with Gasteiger partial charge in [0.2, 0.25) is 15.9 Å². The zero-order valence-corrected chi connectivity index (χ0v) is 20.2. The number of sulfonamides is 1. The van der Waals surface area contributed by atoms with E-state index in [1.54, 1.807) is 30.0 Å². The zero-order valence-electron chi connectivity index (χ0n) is 16.3. The molecule has 0 bridgehead atoms. The Balaban J connectivity index is 1.88. The minimum atomic E-state index is -3.69. The number of halogens is 3. The lowest BCUT2D eigenvalue weighted by Crippen LogP contribution is -2.41. The summed E-state index contributed by atoms with van der Waals surface area (Å²) in [7, 11) is -2.23. The molecule has 1 amide bonds. The Hall–Kier alpha value is -1.32. The number of thioether (sulfide) groups is 1. The van der Waals surface area contributed by atoms with Crippen LogP contribution in [0.5, 0.6) is 5.75 Å². The molecule has 0 spiro atoms. The van der Waals surface area contributed by atoms with Crippen LogP contribution in [0, 0.1) is 0 Å². The molecular formula is C19H21Cl3N2O4S2. The third kappa shape index (κ3) is 7.42. The Morgan fingerprint density at radius 3 is 2.47 bits per heavy atom. The summed E-state index contributed by atoms with van der Waals surface area (Å²) in [4.78, 5) is 12.3. The highest BCUT2D eigenvalue weighted by molar-refractivity contribution is 7.98. The number of benzene rings is 2. The Kier molecular flexibility index (Phi) is 9.43. The van der Waals surface area contributed by atoms with Crippen LogP contribution in [-0.2, 0) is 20.6 Å². The van der Waals surface area contributed by atoms with Gasteiger partial charge in [-0.2, -0.15) is 11.8 Å². The summed E-state index contributed by atoms with van der Waals surface area (Å²) in [5.41, 5.74) is 1.24. The van der Waals surface area contributed by atoms with E-state index in [1.165, 1.54) is 19.2 Å². The average molecular weight is 512 g/mol. The summed E-state index contributed by atoms with van der Waals surface area (Å²) in [6, 6.07) is 9.85. The van der Waals surface area contributed by atoms with Crippen LogP contribution in [-0.4, -0.2) is 46.5 Å². The first-order chi connectivity index (χ1) is 14.1. The highest BCUT2D eigenvalue weighted by atomic mass is 35.5. The van der Waals surface area contributed by atoms with Gasteiger partial charge in [-0.1, -0.05) is 40.9 Å². The number of methoxy groups -OCH3 is 1. The molecule has 0 saturated heterocycles. The van der Waals surface area contributed by atoms with Gasteiger partial charge in [-0.05, 0) is 35.9 Å². The van der Waals surface area contributed by atoms with E-state index in [0.717, 1.165) is 16.1 Å². The molecule has 0 atom stereocenters. The van der Waals surface area contributed by atoms with E-state index < -0.39 is 15.9 Å².